The molecule has 3 aromatic rings. The van der Waals surface area contributed by atoms with Crippen LogP contribution in [0.2, 0.25) is 25.7 Å². The van der Waals surface area contributed by atoms with E-state index in [9.17, 15) is 4.79 Å². The quantitative estimate of drug-likeness (QED) is 0.205. The molecular formula is C29H39N5O2Si. The van der Waals surface area contributed by atoms with Gasteiger partial charge in [-0.15, -0.1) is 0 Å². The molecular weight excluding hydrogens is 478 g/mol. The van der Waals surface area contributed by atoms with Crippen molar-refractivity contribution in [2.75, 3.05) is 19.7 Å². The Labute approximate surface area is 220 Å². The lowest BCUT2D eigenvalue weighted by Gasteiger charge is -2.29. The van der Waals surface area contributed by atoms with Crippen molar-refractivity contribution in [3.8, 4) is 0 Å². The second kappa shape index (κ2) is 10.9. The highest BCUT2D eigenvalue weighted by Gasteiger charge is 2.24. The van der Waals surface area contributed by atoms with Crippen molar-refractivity contribution >= 4 is 24.8 Å². The van der Waals surface area contributed by atoms with Crippen molar-refractivity contribution in [3.05, 3.63) is 71.0 Å². The summed E-state index contributed by atoms with van der Waals surface area (Å²) in [6.07, 6.45) is 13.2. The lowest BCUT2D eigenvalue weighted by atomic mass is 10.0. The average Bonchev–Trinajstić information content (AvgIpc) is 3.46. The number of ether oxygens (including phenoxy) is 1. The van der Waals surface area contributed by atoms with E-state index in [1.54, 1.807) is 0 Å². The minimum atomic E-state index is -1.10. The van der Waals surface area contributed by atoms with E-state index in [-0.39, 0.29) is 5.78 Å². The highest BCUT2D eigenvalue weighted by molar-refractivity contribution is 6.76. The minimum Gasteiger partial charge on any atom is -0.360 e. The molecule has 1 aromatic carbocycles. The van der Waals surface area contributed by atoms with E-state index >= 15 is 0 Å². The highest BCUT2D eigenvalue weighted by Crippen LogP contribution is 2.23. The van der Waals surface area contributed by atoms with Crippen LogP contribution in [0.5, 0.6) is 0 Å². The summed E-state index contributed by atoms with van der Waals surface area (Å²) in [6, 6.07) is 5.31. The molecule has 0 unspecified atom stereocenters. The fraction of sp³-hybridized carbons (Fsp3) is 0.483. The molecule has 3 heterocycles. The average molecular weight is 518 g/mol. The first kappa shape index (κ1) is 25.8. The maximum absolute atomic E-state index is 13.3. The number of allylic oxidation sites excluding steroid dienone is 3. The van der Waals surface area contributed by atoms with Crippen LogP contribution in [-0.4, -0.2) is 57.8 Å². The molecule has 196 valence electrons. The standard InChI is InChI=1S/C29H39N5O2Si/c1-22-14-24(15-25-19-33(31-28(22)25)21-36-12-13-37(2,3)4)16-27(35)29-30-17-26-20-32(10-11-34(26)29)18-23-8-6-5-7-9-23/h5-6,8,14-15,17,19H,7,9-13,16,18,20-21H2,1-4H3. The summed E-state index contributed by atoms with van der Waals surface area (Å²) < 4.78 is 9.86. The number of benzene rings is 1. The largest absolute Gasteiger partial charge is 0.360 e. The molecule has 0 N–H and O–H groups in total. The van der Waals surface area contributed by atoms with Crippen molar-refractivity contribution < 1.29 is 9.53 Å². The van der Waals surface area contributed by atoms with Gasteiger partial charge in [0.05, 0.1) is 17.4 Å². The van der Waals surface area contributed by atoms with E-state index in [2.05, 4.69) is 71.4 Å². The molecule has 0 spiro atoms. The zero-order valence-corrected chi connectivity index (χ0v) is 23.7. The molecule has 2 aliphatic rings. The van der Waals surface area contributed by atoms with Gasteiger partial charge in [0.15, 0.2) is 5.82 Å². The number of carbonyl (C=O) groups excluding carboxylic acids is 1. The first-order valence-electron chi connectivity index (χ1n) is 13.4. The van der Waals surface area contributed by atoms with Gasteiger partial charge in [-0.3, -0.25) is 9.69 Å². The Hall–Kier alpha value is -2.81. The summed E-state index contributed by atoms with van der Waals surface area (Å²) in [5, 5.41) is 5.76. The van der Waals surface area contributed by atoms with Crippen LogP contribution in [0, 0.1) is 6.92 Å². The zero-order valence-electron chi connectivity index (χ0n) is 22.7. The number of hydrogen-bond donors (Lipinski definition) is 0. The second-order valence-electron chi connectivity index (χ2n) is 11.7. The number of imidazole rings is 1. The van der Waals surface area contributed by atoms with E-state index in [1.165, 1.54) is 5.57 Å². The Morgan fingerprint density at radius 1 is 1.19 bits per heavy atom. The summed E-state index contributed by atoms with van der Waals surface area (Å²) >= 11 is 0. The van der Waals surface area contributed by atoms with E-state index in [0.717, 1.165) is 79.4 Å². The van der Waals surface area contributed by atoms with Crippen molar-refractivity contribution in [2.24, 2.45) is 0 Å². The van der Waals surface area contributed by atoms with Gasteiger partial charge in [-0.05, 0) is 43.0 Å². The smallest absolute Gasteiger partial charge is 0.202 e. The number of aromatic nitrogens is 4. The molecule has 0 fully saturated rings. The molecule has 0 saturated carbocycles. The van der Waals surface area contributed by atoms with Crippen LogP contribution in [0.1, 0.15) is 40.3 Å². The van der Waals surface area contributed by atoms with Crippen LogP contribution in [-0.2, 0) is 31.0 Å². The van der Waals surface area contributed by atoms with Gasteiger partial charge < -0.3 is 9.30 Å². The minimum absolute atomic E-state index is 0.0700. The molecule has 1 aliphatic carbocycles. The molecule has 37 heavy (non-hydrogen) atoms. The Kier molecular flexibility index (Phi) is 7.60. The van der Waals surface area contributed by atoms with Crippen LogP contribution < -0.4 is 0 Å². The monoisotopic (exact) mass is 517 g/mol. The third-order valence-corrected chi connectivity index (χ3v) is 8.93. The van der Waals surface area contributed by atoms with Crippen molar-refractivity contribution in [1.29, 1.82) is 0 Å². The Bertz CT molecular complexity index is 1340. The van der Waals surface area contributed by atoms with Gasteiger partial charge in [0.1, 0.15) is 6.73 Å². The Morgan fingerprint density at radius 2 is 2.05 bits per heavy atom. The SMILES string of the molecule is Cc1cc(CC(=O)c2ncc3n2CCN(CC2=CC=CCC2)C3)cc2cn(COCC[Si](C)(C)C)nc12. The molecule has 0 radical (unpaired) electrons. The van der Waals surface area contributed by atoms with Crippen molar-refractivity contribution in [3.63, 3.8) is 0 Å². The van der Waals surface area contributed by atoms with Gasteiger partial charge in [-0.2, -0.15) is 5.10 Å². The van der Waals surface area contributed by atoms with Gasteiger partial charge in [0, 0.05) is 58.9 Å². The van der Waals surface area contributed by atoms with E-state index in [1.807, 2.05) is 17.1 Å². The summed E-state index contributed by atoms with van der Waals surface area (Å²) in [5.74, 6) is 0.652. The molecule has 7 nitrogen and oxygen atoms in total. The summed E-state index contributed by atoms with van der Waals surface area (Å²) in [4.78, 5) is 20.3. The second-order valence-corrected chi connectivity index (χ2v) is 17.3. The third-order valence-electron chi connectivity index (χ3n) is 7.23. The molecule has 0 saturated heterocycles. The van der Waals surface area contributed by atoms with Crippen LogP contribution in [0.25, 0.3) is 10.9 Å². The fourth-order valence-corrected chi connectivity index (χ4v) is 5.93. The van der Waals surface area contributed by atoms with E-state index in [4.69, 9.17) is 9.84 Å². The number of fused-ring (bicyclic) bond motifs is 2. The van der Waals surface area contributed by atoms with Crippen LogP contribution >= 0.6 is 0 Å². The molecule has 1 aliphatic heterocycles. The highest BCUT2D eigenvalue weighted by atomic mass is 28.3. The predicted molar refractivity (Wildman–Crippen MR) is 151 cm³/mol. The maximum atomic E-state index is 13.3. The van der Waals surface area contributed by atoms with Gasteiger partial charge in [0.25, 0.3) is 0 Å². The lowest BCUT2D eigenvalue weighted by Crippen LogP contribution is -2.35. The zero-order chi connectivity index (χ0) is 26.0. The normalized spacial score (nSPS) is 16.3. The van der Waals surface area contributed by atoms with E-state index in [0.29, 0.717) is 19.0 Å². The number of nitrogens with zero attached hydrogens (tertiary/aromatic N) is 5. The van der Waals surface area contributed by atoms with Crippen molar-refractivity contribution in [2.45, 2.75) is 71.7 Å². The fourth-order valence-electron chi connectivity index (χ4n) is 5.17. The lowest BCUT2D eigenvalue weighted by molar-refractivity contribution is 0.0791. The number of hydrogen-bond acceptors (Lipinski definition) is 5. The molecule has 5 rings (SSSR count). The topological polar surface area (TPSA) is 65.2 Å². The Balaban J connectivity index is 1.23. The first-order valence-corrected chi connectivity index (χ1v) is 17.1. The number of carbonyl (C=O) groups is 1. The maximum Gasteiger partial charge on any atom is 0.202 e. The van der Waals surface area contributed by atoms with Crippen molar-refractivity contribution in [1.82, 2.24) is 24.2 Å². The van der Waals surface area contributed by atoms with Gasteiger partial charge in [-0.1, -0.05) is 49.5 Å². The summed E-state index contributed by atoms with van der Waals surface area (Å²) in [5.41, 5.74) is 5.66. The van der Waals surface area contributed by atoms with Crippen LogP contribution in [0.3, 0.4) is 0 Å². The van der Waals surface area contributed by atoms with Crippen LogP contribution in [0.15, 0.2) is 48.3 Å². The van der Waals surface area contributed by atoms with Gasteiger partial charge in [0.2, 0.25) is 5.78 Å². The number of aryl methyl sites for hydroxylation is 1. The van der Waals surface area contributed by atoms with Gasteiger partial charge >= 0.3 is 0 Å². The molecule has 8 heteroatoms. The van der Waals surface area contributed by atoms with Crippen LogP contribution in [0.4, 0.5) is 0 Å². The molecule has 0 atom stereocenters. The number of rotatable bonds is 10. The molecule has 0 amide bonds. The number of ketones is 1. The summed E-state index contributed by atoms with van der Waals surface area (Å²) in [6.45, 7) is 13.9. The van der Waals surface area contributed by atoms with E-state index < -0.39 is 8.07 Å². The Morgan fingerprint density at radius 3 is 2.84 bits per heavy atom. The van der Waals surface area contributed by atoms with Gasteiger partial charge in [-0.25, -0.2) is 9.67 Å². The third kappa shape index (κ3) is 6.37. The molecule has 0 bridgehead atoms. The summed E-state index contributed by atoms with van der Waals surface area (Å²) in [7, 11) is -1.10. The first-order chi connectivity index (χ1) is 17.7. The number of Topliss-reactive ketones (excluding diaryl/α,β-unsaturated/α-hetero) is 1. The predicted octanol–water partition coefficient (Wildman–Crippen LogP) is 5.37. The molecule has 2 aromatic heterocycles.